The van der Waals surface area contributed by atoms with Gasteiger partial charge in [-0.2, -0.15) is 0 Å². The van der Waals surface area contributed by atoms with E-state index in [0.717, 1.165) is 56.4 Å². The van der Waals surface area contributed by atoms with Crippen LogP contribution in [-0.2, 0) is 9.59 Å². The molecule has 4 heterocycles. The number of imide groups is 1. The van der Waals surface area contributed by atoms with Crippen LogP contribution in [0.25, 0.3) is 31.4 Å². The van der Waals surface area contributed by atoms with Gasteiger partial charge >= 0.3 is 0 Å². The fourth-order valence-corrected chi connectivity index (χ4v) is 6.19. The van der Waals surface area contributed by atoms with Crippen molar-refractivity contribution in [1.29, 1.82) is 0 Å². The lowest BCUT2D eigenvalue weighted by Gasteiger charge is -2.15. The third kappa shape index (κ3) is 5.20. The zero-order valence-corrected chi connectivity index (χ0v) is 23.4. The lowest BCUT2D eigenvalue weighted by atomic mass is 10.1. The summed E-state index contributed by atoms with van der Waals surface area (Å²) in [7, 11) is 2.10. The van der Waals surface area contributed by atoms with Crippen LogP contribution >= 0.6 is 22.7 Å². The minimum Gasteiger partial charge on any atom is -0.492 e. The monoisotopic (exact) mass is 547 g/mol. The maximum absolute atomic E-state index is 12.4. The van der Waals surface area contributed by atoms with E-state index >= 15 is 0 Å². The number of amides is 2. The second-order valence-corrected chi connectivity index (χ2v) is 11.1. The van der Waals surface area contributed by atoms with E-state index in [0.29, 0.717) is 23.8 Å². The molecule has 0 bridgehead atoms. The summed E-state index contributed by atoms with van der Waals surface area (Å²) in [5.41, 5.74) is 2.60. The zero-order valence-electron chi connectivity index (χ0n) is 21.8. The van der Waals surface area contributed by atoms with Gasteiger partial charge in [0.25, 0.3) is 11.8 Å². The number of thiophene rings is 2. The summed E-state index contributed by atoms with van der Waals surface area (Å²) in [6.45, 7) is 8.40. The van der Waals surface area contributed by atoms with Gasteiger partial charge in [-0.05, 0) is 80.7 Å². The number of rotatable bonds is 10. The molecule has 0 atom stereocenters. The van der Waals surface area contributed by atoms with Crippen LogP contribution in [0, 0.1) is 6.92 Å². The number of benzene rings is 1. The van der Waals surface area contributed by atoms with Gasteiger partial charge in [0.15, 0.2) is 5.82 Å². The Labute approximate surface area is 229 Å². The number of hydrogen-bond donors (Lipinski definition) is 2. The summed E-state index contributed by atoms with van der Waals surface area (Å²) in [6, 6.07) is 12.0. The molecule has 10 heteroatoms. The zero-order chi connectivity index (χ0) is 26.8. The highest BCUT2D eigenvalue weighted by Crippen LogP contribution is 2.42. The molecular weight excluding hydrogens is 518 g/mol. The molecule has 196 valence electrons. The molecule has 0 saturated heterocycles. The van der Waals surface area contributed by atoms with Crippen LogP contribution in [0.2, 0.25) is 0 Å². The van der Waals surface area contributed by atoms with E-state index in [1.807, 2.05) is 36.6 Å². The van der Waals surface area contributed by atoms with Crippen molar-refractivity contribution in [2.45, 2.75) is 27.2 Å². The maximum Gasteiger partial charge on any atom is 0.275 e. The van der Waals surface area contributed by atoms with Crippen molar-refractivity contribution in [3.8, 4) is 26.9 Å². The first-order valence-corrected chi connectivity index (χ1v) is 14.2. The molecule has 1 aliphatic heterocycles. The molecule has 0 saturated carbocycles. The van der Waals surface area contributed by atoms with Crippen molar-refractivity contribution in [3.05, 3.63) is 58.6 Å². The number of carbonyl (C=O) groups is 2. The Hall–Kier alpha value is -3.60. The lowest BCUT2D eigenvalue weighted by Crippen LogP contribution is -2.24. The number of hydrogen-bond acceptors (Lipinski definition) is 9. The molecule has 8 nitrogen and oxygen atoms in total. The van der Waals surface area contributed by atoms with Gasteiger partial charge in [0, 0.05) is 17.0 Å². The highest BCUT2D eigenvalue weighted by molar-refractivity contribution is 7.22. The van der Waals surface area contributed by atoms with Gasteiger partial charge < -0.3 is 15.0 Å². The molecule has 0 aliphatic carbocycles. The van der Waals surface area contributed by atoms with Crippen molar-refractivity contribution in [1.82, 2.24) is 20.2 Å². The van der Waals surface area contributed by atoms with Crippen molar-refractivity contribution >= 4 is 50.5 Å². The van der Waals surface area contributed by atoms with Crippen LogP contribution in [-0.4, -0.2) is 53.4 Å². The Bertz CT molecular complexity index is 1520. The summed E-state index contributed by atoms with van der Waals surface area (Å²) in [5, 5.41) is 8.30. The van der Waals surface area contributed by atoms with Gasteiger partial charge in [0.05, 0.1) is 10.3 Å². The molecule has 3 aromatic heterocycles. The number of nitrogens with one attached hydrogen (secondary N) is 2. The predicted octanol–water partition coefficient (Wildman–Crippen LogP) is 5.46. The number of fused-ring (bicyclic) bond motifs is 1. The van der Waals surface area contributed by atoms with Gasteiger partial charge in [-0.15, -0.1) is 22.7 Å². The van der Waals surface area contributed by atoms with Crippen LogP contribution < -0.4 is 15.4 Å². The summed E-state index contributed by atoms with van der Waals surface area (Å²) < 4.78 is 5.94. The van der Waals surface area contributed by atoms with E-state index in [1.165, 1.54) is 0 Å². The number of nitrogens with zero attached hydrogens (tertiary/aromatic N) is 3. The molecule has 0 spiro atoms. The average molecular weight is 548 g/mol. The lowest BCUT2D eigenvalue weighted by molar-refractivity contribution is -0.124. The van der Waals surface area contributed by atoms with Gasteiger partial charge in [0.1, 0.15) is 28.7 Å². The van der Waals surface area contributed by atoms with Crippen LogP contribution in [0.3, 0.4) is 0 Å². The van der Waals surface area contributed by atoms with E-state index in [-0.39, 0.29) is 5.70 Å². The Morgan fingerprint density at radius 3 is 2.50 bits per heavy atom. The first-order valence-electron chi connectivity index (χ1n) is 12.5. The molecule has 4 aromatic rings. The van der Waals surface area contributed by atoms with Crippen molar-refractivity contribution in [3.63, 3.8) is 0 Å². The van der Waals surface area contributed by atoms with Gasteiger partial charge in [-0.3, -0.25) is 14.9 Å². The maximum atomic E-state index is 12.4. The van der Waals surface area contributed by atoms with Crippen molar-refractivity contribution < 1.29 is 14.3 Å². The largest absolute Gasteiger partial charge is 0.492 e. The molecule has 5 rings (SSSR count). The first kappa shape index (κ1) is 26.0. The Kier molecular flexibility index (Phi) is 7.55. The summed E-state index contributed by atoms with van der Waals surface area (Å²) in [6.07, 6.45) is 1.12. The van der Waals surface area contributed by atoms with Gasteiger partial charge in [0.2, 0.25) is 0 Å². The van der Waals surface area contributed by atoms with E-state index in [1.54, 1.807) is 29.6 Å². The standard InChI is InChI=1S/C28H29N5O3S2/c1-5-12-33(4)13-14-36-19-10-8-18(9-11-19)23-16(2)21-25(29-22-17(3)26(34)32-27(22)35)30-24(31-28(21)38-23)20-7-6-15-37-20/h6-11,15H,5,12-14H2,1-4H3,(H2,29,30,31,32,34,35). The third-order valence-corrected chi connectivity index (χ3v) is 8.51. The second-order valence-electron chi connectivity index (χ2n) is 9.19. The molecule has 0 unspecified atom stereocenters. The number of ether oxygens (including phenoxy) is 1. The average Bonchev–Trinajstić information content (AvgIpc) is 3.61. The molecule has 1 aliphatic rings. The smallest absolute Gasteiger partial charge is 0.275 e. The molecule has 0 radical (unpaired) electrons. The summed E-state index contributed by atoms with van der Waals surface area (Å²) in [4.78, 5) is 39.2. The Balaban J connectivity index is 1.49. The molecule has 2 N–H and O–H groups in total. The summed E-state index contributed by atoms with van der Waals surface area (Å²) >= 11 is 3.12. The van der Waals surface area contributed by atoms with Gasteiger partial charge in [-0.25, -0.2) is 9.97 Å². The minimum absolute atomic E-state index is 0.213. The first-order chi connectivity index (χ1) is 18.4. The van der Waals surface area contributed by atoms with Crippen LogP contribution in [0.4, 0.5) is 5.82 Å². The highest BCUT2D eigenvalue weighted by Gasteiger charge is 2.29. The molecule has 0 fully saturated rings. The number of carbonyl (C=O) groups excluding carboxylic acids is 2. The second kappa shape index (κ2) is 11.0. The van der Waals surface area contributed by atoms with Crippen LogP contribution in [0.15, 0.2) is 53.0 Å². The SMILES string of the molecule is CCCN(C)CCOc1ccc(-c2sc3nc(-c4cccs4)nc(NC4=C(C)C(=O)NC4=O)c3c2C)cc1. The predicted molar refractivity (Wildman–Crippen MR) is 154 cm³/mol. The molecular formula is C28H29N5O3S2. The van der Waals surface area contributed by atoms with Crippen molar-refractivity contribution in [2.24, 2.45) is 0 Å². The van der Waals surface area contributed by atoms with E-state index < -0.39 is 11.8 Å². The third-order valence-electron chi connectivity index (χ3n) is 6.41. The minimum atomic E-state index is -0.457. The molecule has 38 heavy (non-hydrogen) atoms. The molecule has 1 aromatic carbocycles. The molecule has 2 amide bonds. The topological polar surface area (TPSA) is 96.4 Å². The number of anilines is 1. The number of likely N-dealkylation sites (N-methyl/N-ethyl adjacent to an activating group) is 1. The van der Waals surface area contributed by atoms with Crippen LogP contribution in [0.5, 0.6) is 5.75 Å². The number of aromatic nitrogens is 2. The van der Waals surface area contributed by atoms with E-state index in [4.69, 9.17) is 14.7 Å². The van der Waals surface area contributed by atoms with E-state index in [9.17, 15) is 9.59 Å². The fourth-order valence-electron chi connectivity index (χ4n) is 4.35. The Morgan fingerprint density at radius 1 is 1.05 bits per heavy atom. The highest BCUT2D eigenvalue weighted by atomic mass is 32.1. The van der Waals surface area contributed by atoms with Gasteiger partial charge in [-0.1, -0.05) is 13.0 Å². The van der Waals surface area contributed by atoms with Crippen molar-refractivity contribution in [2.75, 3.05) is 32.1 Å². The van der Waals surface area contributed by atoms with E-state index in [2.05, 4.69) is 41.6 Å². The normalized spacial score (nSPS) is 13.6. The number of aryl methyl sites for hydroxylation is 1. The quantitative estimate of drug-likeness (QED) is 0.255. The Morgan fingerprint density at radius 2 is 1.84 bits per heavy atom. The van der Waals surface area contributed by atoms with Crippen LogP contribution in [0.1, 0.15) is 25.8 Å². The summed E-state index contributed by atoms with van der Waals surface area (Å²) in [5.74, 6) is 1.06. The fraction of sp³-hybridized carbons (Fsp3) is 0.286.